The summed E-state index contributed by atoms with van der Waals surface area (Å²) in [5.74, 6) is 0.508. The third-order valence-corrected chi connectivity index (χ3v) is 4.02. The van der Waals surface area contributed by atoms with Gasteiger partial charge in [0.1, 0.15) is 0 Å². The smallest absolute Gasteiger partial charge is 0.219 e. The molecule has 1 aromatic heterocycles. The molecule has 5 heteroatoms. The van der Waals surface area contributed by atoms with E-state index in [0.29, 0.717) is 10.9 Å². The fraction of sp³-hybridized carbons (Fsp3) is 0.429. The van der Waals surface area contributed by atoms with Crippen molar-refractivity contribution in [3.63, 3.8) is 0 Å². The van der Waals surface area contributed by atoms with Gasteiger partial charge in [-0.15, -0.1) is 0 Å². The number of carbonyl (C=O) groups is 1. The molecule has 0 unspecified atom stereocenters. The molecule has 1 aromatic carbocycles. The SMILES string of the molecule is CC(=O)N1CCC(c2noc3cc(Cl)ccc23)CC1. The van der Waals surface area contributed by atoms with Crippen molar-refractivity contribution in [2.45, 2.75) is 25.7 Å². The summed E-state index contributed by atoms with van der Waals surface area (Å²) in [5.41, 5.74) is 1.73. The van der Waals surface area contributed by atoms with E-state index >= 15 is 0 Å². The van der Waals surface area contributed by atoms with E-state index in [9.17, 15) is 4.79 Å². The first-order chi connectivity index (χ1) is 9.15. The lowest BCUT2D eigenvalue weighted by atomic mass is 9.91. The Morgan fingerprint density at radius 3 is 2.84 bits per heavy atom. The number of amides is 1. The molecule has 0 bridgehead atoms. The molecule has 0 radical (unpaired) electrons. The lowest BCUT2D eigenvalue weighted by molar-refractivity contribution is -0.129. The van der Waals surface area contributed by atoms with Crippen molar-refractivity contribution in [1.82, 2.24) is 10.1 Å². The van der Waals surface area contributed by atoms with Crippen molar-refractivity contribution in [3.8, 4) is 0 Å². The highest BCUT2D eigenvalue weighted by Gasteiger charge is 2.25. The third kappa shape index (κ3) is 2.32. The second-order valence-electron chi connectivity index (χ2n) is 4.99. The summed E-state index contributed by atoms with van der Waals surface area (Å²) in [5, 5.41) is 5.88. The van der Waals surface area contributed by atoms with Gasteiger partial charge in [-0.25, -0.2) is 0 Å². The van der Waals surface area contributed by atoms with Gasteiger partial charge in [0.15, 0.2) is 5.58 Å². The zero-order chi connectivity index (χ0) is 13.4. The molecule has 0 spiro atoms. The van der Waals surface area contributed by atoms with Gasteiger partial charge in [-0.2, -0.15) is 0 Å². The van der Waals surface area contributed by atoms with Crippen LogP contribution in [0, 0.1) is 0 Å². The van der Waals surface area contributed by atoms with Crippen molar-refractivity contribution >= 4 is 28.5 Å². The van der Waals surface area contributed by atoms with Crippen LogP contribution in [0.1, 0.15) is 31.4 Å². The van der Waals surface area contributed by atoms with Gasteiger partial charge in [0.2, 0.25) is 5.91 Å². The number of carbonyl (C=O) groups excluding carboxylic acids is 1. The summed E-state index contributed by atoms with van der Waals surface area (Å²) in [4.78, 5) is 13.2. The maximum absolute atomic E-state index is 11.3. The van der Waals surface area contributed by atoms with Gasteiger partial charge < -0.3 is 9.42 Å². The van der Waals surface area contributed by atoms with Crippen molar-refractivity contribution < 1.29 is 9.32 Å². The number of hydrogen-bond acceptors (Lipinski definition) is 3. The number of piperidine rings is 1. The second-order valence-corrected chi connectivity index (χ2v) is 5.43. The van der Waals surface area contributed by atoms with Crippen LogP contribution in [0.4, 0.5) is 0 Å². The molecule has 4 nitrogen and oxygen atoms in total. The molecule has 1 aliphatic rings. The first-order valence-corrected chi connectivity index (χ1v) is 6.83. The Balaban J connectivity index is 1.84. The molecular weight excluding hydrogens is 264 g/mol. The minimum absolute atomic E-state index is 0.148. The van der Waals surface area contributed by atoms with Crippen molar-refractivity contribution in [2.75, 3.05) is 13.1 Å². The summed E-state index contributed by atoms with van der Waals surface area (Å²) in [6.07, 6.45) is 1.87. The van der Waals surface area contributed by atoms with Gasteiger partial charge in [-0.05, 0) is 25.0 Å². The molecule has 0 saturated carbocycles. The van der Waals surface area contributed by atoms with Gasteiger partial charge in [0, 0.05) is 42.4 Å². The number of nitrogens with zero attached hydrogens (tertiary/aromatic N) is 2. The van der Waals surface area contributed by atoms with E-state index in [4.69, 9.17) is 16.1 Å². The molecule has 3 rings (SSSR count). The van der Waals surface area contributed by atoms with Crippen LogP contribution < -0.4 is 0 Å². The van der Waals surface area contributed by atoms with Gasteiger partial charge in [-0.3, -0.25) is 4.79 Å². The molecule has 1 aliphatic heterocycles. The number of likely N-dealkylation sites (tertiary alicyclic amines) is 1. The molecule has 2 heterocycles. The van der Waals surface area contributed by atoms with E-state index in [1.54, 1.807) is 13.0 Å². The predicted octanol–water partition coefficient (Wildman–Crippen LogP) is 3.21. The molecule has 19 heavy (non-hydrogen) atoms. The van der Waals surface area contributed by atoms with Crippen LogP contribution in [0.15, 0.2) is 22.7 Å². The lowest BCUT2D eigenvalue weighted by Crippen LogP contribution is -2.36. The Morgan fingerprint density at radius 2 is 2.16 bits per heavy atom. The zero-order valence-corrected chi connectivity index (χ0v) is 11.5. The molecule has 2 aromatic rings. The average molecular weight is 279 g/mol. The zero-order valence-electron chi connectivity index (χ0n) is 10.7. The first kappa shape index (κ1) is 12.5. The van der Waals surface area contributed by atoms with Crippen molar-refractivity contribution in [2.24, 2.45) is 0 Å². The summed E-state index contributed by atoms with van der Waals surface area (Å²) in [7, 11) is 0. The van der Waals surface area contributed by atoms with Gasteiger partial charge in [0.05, 0.1) is 5.69 Å². The van der Waals surface area contributed by atoms with Crippen LogP contribution >= 0.6 is 11.6 Å². The number of halogens is 1. The fourth-order valence-electron chi connectivity index (χ4n) is 2.69. The molecular formula is C14H15ClN2O2. The van der Waals surface area contributed by atoms with E-state index in [1.807, 2.05) is 17.0 Å². The monoisotopic (exact) mass is 278 g/mol. The topological polar surface area (TPSA) is 46.3 Å². The van der Waals surface area contributed by atoms with Gasteiger partial charge in [0.25, 0.3) is 0 Å². The van der Waals surface area contributed by atoms with Gasteiger partial charge in [-0.1, -0.05) is 16.8 Å². The van der Waals surface area contributed by atoms with E-state index in [2.05, 4.69) is 5.16 Å². The third-order valence-electron chi connectivity index (χ3n) is 3.79. The molecule has 100 valence electrons. The van der Waals surface area contributed by atoms with Crippen LogP contribution in [0.25, 0.3) is 11.0 Å². The Morgan fingerprint density at radius 1 is 1.42 bits per heavy atom. The number of benzene rings is 1. The van der Waals surface area contributed by atoms with E-state index < -0.39 is 0 Å². The van der Waals surface area contributed by atoms with E-state index in [-0.39, 0.29) is 5.91 Å². The molecule has 1 amide bonds. The lowest BCUT2D eigenvalue weighted by Gasteiger charge is -2.30. The Labute approximate surface area is 116 Å². The minimum Gasteiger partial charge on any atom is -0.356 e. The van der Waals surface area contributed by atoms with Crippen LogP contribution in [-0.2, 0) is 4.79 Å². The number of fused-ring (bicyclic) bond motifs is 1. The molecule has 0 aliphatic carbocycles. The summed E-state index contributed by atoms with van der Waals surface area (Å²) in [6, 6.07) is 5.61. The molecule has 1 saturated heterocycles. The normalized spacial score (nSPS) is 17.1. The van der Waals surface area contributed by atoms with Crippen molar-refractivity contribution in [1.29, 1.82) is 0 Å². The summed E-state index contributed by atoms with van der Waals surface area (Å²) >= 11 is 5.94. The van der Waals surface area contributed by atoms with Crippen LogP contribution in [0.2, 0.25) is 5.02 Å². The second kappa shape index (κ2) is 4.85. The molecule has 0 atom stereocenters. The first-order valence-electron chi connectivity index (χ1n) is 6.45. The Kier molecular flexibility index (Phi) is 3.19. The molecule has 0 N–H and O–H groups in total. The minimum atomic E-state index is 0.148. The highest BCUT2D eigenvalue weighted by atomic mass is 35.5. The van der Waals surface area contributed by atoms with Crippen LogP contribution in [0.5, 0.6) is 0 Å². The van der Waals surface area contributed by atoms with Crippen molar-refractivity contribution in [3.05, 3.63) is 28.9 Å². The average Bonchev–Trinajstić information content (AvgIpc) is 2.81. The maximum Gasteiger partial charge on any atom is 0.219 e. The van der Waals surface area contributed by atoms with E-state index in [0.717, 1.165) is 42.6 Å². The number of rotatable bonds is 1. The Bertz CT molecular complexity index is 615. The van der Waals surface area contributed by atoms with Crippen LogP contribution in [-0.4, -0.2) is 29.1 Å². The standard InChI is InChI=1S/C14H15ClN2O2/c1-9(18)17-6-4-10(5-7-17)14-12-3-2-11(15)8-13(12)19-16-14/h2-3,8,10H,4-7H2,1H3. The van der Waals surface area contributed by atoms with Gasteiger partial charge >= 0.3 is 0 Å². The Hall–Kier alpha value is -1.55. The maximum atomic E-state index is 11.3. The highest BCUT2D eigenvalue weighted by molar-refractivity contribution is 6.31. The van der Waals surface area contributed by atoms with Crippen LogP contribution in [0.3, 0.4) is 0 Å². The summed E-state index contributed by atoms with van der Waals surface area (Å²) < 4.78 is 5.34. The predicted molar refractivity (Wildman–Crippen MR) is 73.2 cm³/mol. The quantitative estimate of drug-likeness (QED) is 0.805. The largest absolute Gasteiger partial charge is 0.356 e. The summed E-state index contributed by atoms with van der Waals surface area (Å²) in [6.45, 7) is 3.21. The fourth-order valence-corrected chi connectivity index (χ4v) is 2.86. The molecule has 1 fully saturated rings. The highest BCUT2D eigenvalue weighted by Crippen LogP contribution is 2.33. The number of hydrogen-bond donors (Lipinski definition) is 0. The number of aromatic nitrogens is 1. The van der Waals surface area contributed by atoms with E-state index in [1.165, 1.54) is 0 Å².